The van der Waals surface area contributed by atoms with Crippen LogP contribution in [0.3, 0.4) is 0 Å². The van der Waals surface area contributed by atoms with Gasteiger partial charge in [-0.3, -0.25) is 9.78 Å². The zero-order chi connectivity index (χ0) is 14.5. The Hall–Kier alpha value is -2.50. The van der Waals surface area contributed by atoms with Crippen LogP contribution in [-0.4, -0.2) is 32.5 Å². The van der Waals surface area contributed by atoms with Crippen LogP contribution in [0.15, 0.2) is 30.3 Å². The molecule has 0 aliphatic carbocycles. The van der Waals surface area contributed by atoms with Gasteiger partial charge in [0.05, 0.1) is 12.2 Å². The molecule has 2 aromatic rings. The number of nitrogens with two attached hydrogens (primary N) is 1. The highest BCUT2D eigenvalue weighted by Crippen LogP contribution is 2.08. The number of hydrogen-bond acceptors (Lipinski definition) is 5. The van der Waals surface area contributed by atoms with Crippen LogP contribution in [0.25, 0.3) is 0 Å². The lowest BCUT2D eigenvalue weighted by atomic mass is 10.2. The molecule has 0 saturated carbocycles. The molecule has 104 valence electrons. The SMILES string of the molecule is CCN(Cc1cccc(C)n1)C(=O)c1ccc(N)nn1. The van der Waals surface area contributed by atoms with Gasteiger partial charge in [-0.05, 0) is 38.1 Å². The van der Waals surface area contributed by atoms with Crippen LogP contribution in [-0.2, 0) is 6.54 Å². The van der Waals surface area contributed by atoms with Crippen LogP contribution in [0.2, 0.25) is 0 Å². The smallest absolute Gasteiger partial charge is 0.274 e. The van der Waals surface area contributed by atoms with Crippen molar-refractivity contribution in [2.45, 2.75) is 20.4 Å². The number of amides is 1. The van der Waals surface area contributed by atoms with Crippen LogP contribution in [0, 0.1) is 6.92 Å². The summed E-state index contributed by atoms with van der Waals surface area (Å²) in [5, 5.41) is 7.52. The summed E-state index contributed by atoms with van der Waals surface area (Å²) >= 11 is 0. The van der Waals surface area contributed by atoms with Gasteiger partial charge in [-0.2, -0.15) is 0 Å². The quantitative estimate of drug-likeness (QED) is 0.909. The van der Waals surface area contributed by atoms with Crippen molar-refractivity contribution < 1.29 is 4.79 Å². The summed E-state index contributed by atoms with van der Waals surface area (Å²) in [6.45, 7) is 4.86. The molecule has 0 fully saturated rings. The van der Waals surface area contributed by atoms with Crippen molar-refractivity contribution in [3.63, 3.8) is 0 Å². The van der Waals surface area contributed by atoms with E-state index in [9.17, 15) is 4.79 Å². The first-order chi connectivity index (χ1) is 9.60. The third kappa shape index (κ3) is 3.28. The molecule has 2 heterocycles. The number of rotatable bonds is 4. The van der Waals surface area contributed by atoms with E-state index in [1.165, 1.54) is 0 Å². The monoisotopic (exact) mass is 271 g/mol. The van der Waals surface area contributed by atoms with Gasteiger partial charge in [0.2, 0.25) is 0 Å². The Balaban J connectivity index is 2.15. The molecule has 0 aromatic carbocycles. The van der Waals surface area contributed by atoms with E-state index in [1.54, 1.807) is 17.0 Å². The maximum Gasteiger partial charge on any atom is 0.274 e. The number of anilines is 1. The average molecular weight is 271 g/mol. The molecular weight excluding hydrogens is 254 g/mol. The summed E-state index contributed by atoms with van der Waals surface area (Å²) in [7, 11) is 0. The zero-order valence-electron chi connectivity index (χ0n) is 11.6. The number of hydrogen-bond donors (Lipinski definition) is 1. The van der Waals surface area contributed by atoms with Gasteiger partial charge in [0.15, 0.2) is 5.69 Å². The van der Waals surface area contributed by atoms with Crippen LogP contribution >= 0.6 is 0 Å². The highest BCUT2D eigenvalue weighted by Gasteiger charge is 2.16. The number of carbonyl (C=O) groups is 1. The van der Waals surface area contributed by atoms with Gasteiger partial charge in [-0.25, -0.2) is 0 Å². The summed E-state index contributed by atoms with van der Waals surface area (Å²) in [5.74, 6) is 0.119. The van der Waals surface area contributed by atoms with E-state index in [0.29, 0.717) is 18.9 Å². The summed E-state index contributed by atoms with van der Waals surface area (Å²) < 4.78 is 0. The Morgan fingerprint density at radius 2 is 2.05 bits per heavy atom. The molecule has 0 spiro atoms. The van der Waals surface area contributed by atoms with Gasteiger partial charge in [-0.15, -0.1) is 10.2 Å². The van der Waals surface area contributed by atoms with Gasteiger partial charge in [-0.1, -0.05) is 6.07 Å². The van der Waals surface area contributed by atoms with E-state index in [2.05, 4.69) is 15.2 Å². The summed E-state index contributed by atoms with van der Waals surface area (Å²) in [5.41, 5.74) is 7.53. The molecule has 0 radical (unpaired) electrons. The topological polar surface area (TPSA) is 85.0 Å². The minimum atomic E-state index is -0.177. The lowest BCUT2D eigenvalue weighted by Gasteiger charge is -2.20. The maximum absolute atomic E-state index is 12.3. The normalized spacial score (nSPS) is 10.3. The van der Waals surface area contributed by atoms with Gasteiger partial charge in [0.1, 0.15) is 5.82 Å². The second kappa shape index (κ2) is 6.10. The second-order valence-electron chi connectivity index (χ2n) is 4.43. The summed E-state index contributed by atoms with van der Waals surface area (Å²) in [4.78, 5) is 18.4. The fourth-order valence-corrected chi connectivity index (χ4v) is 1.83. The molecule has 2 rings (SSSR count). The number of nitrogens with zero attached hydrogens (tertiary/aromatic N) is 4. The summed E-state index contributed by atoms with van der Waals surface area (Å²) in [6, 6.07) is 8.90. The van der Waals surface area contributed by atoms with Crippen molar-refractivity contribution in [2.24, 2.45) is 0 Å². The van der Waals surface area contributed by atoms with Crippen LogP contribution in [0.4, 0.5) is 5.82 Å². The average Bonchev–Trinajstić information content (AvgIpc) is 2.45. The number of aryl methyl sites for hydroxylation is 1. The molecule has 1 amide bonds. The minimum absolute atomic E-state index is 0.177. The third-order valence-electron chi connectivity index (χ3n) is 2.87. The Bertz CT molecular complexity index is 597. The third-order valence-corrected chi connectivity index (χ3v) is 2.87. The molecule has 0 aliphatic heterocycles. The van der Waals surface area contributed by atoms with Crippen LogP contribution in [0.5, 0.6) is 0 Å². The Kier molecular flexibility index (Phi) is 4.24. The van der Waals surface area contributed by atoms with Crippen LogP contribution < -0.4 is 5.73 Å². The molecule has 2 aromatic heterocycles. The molecule has 6 heteroatoms. The first kappa shape index (κ1) is 13.9. The predicted octanol–water partition coefficient (Wildman–Crippen LogP) is 1.42. The van der Waals surface area contributed by atoms with Crippen molar-refractivity contribution in [1.82, 2.24) is 20.1 Å². The largest absolute Gasteiger partial charge is 0.382 e. The van der Waals surface area contributed by atoms with E-state index in [0.717, 1.165) is 11.4 Å². The summed E-state index contributed by atoms with van der Waals surface area (Å²) in [6.07, 6.45) is 0. The predicted molar refractivity (Wildman–Crippen MR) is 75.8 cm³/mol. The van der Waals surface area contributed by atoms with Gasteiger partial charge >= 0.3 is 0 Å². The fourth-order valence-electron chi connectivity index (χ4n) is 1.83. The number of aromatic nitrogens is 3. The minimum Gasteiger partial charge on any atom is -0.382 e. The van der Waals surface area contributed by atoms with Crippen molar-refractivity contribution in [2.75, 3.05) is 12.3 Å². The first-order valence-corrected chi connectivity index (χ1v) is 6.41. The van der Waals surface area contributed by atoms with Gasteiger partial charge in [0.25, 0.3) is 5.91 Å². The van der Waals surface area contributed by atoms with E-state index in [1.807, 2.05) is 32.0 Å². The zero-order valence-corrected chi connectivity index (χ0v) is 11.6. The number of nitrogen functional groups attached to an aromatic ring is 1. The van der Waals surface area contributed by atoms with Gasteiger partial charge in [0, 0.05) is 12.2 Å². The van der Waals surface area contributed by atoms with Crippen molar-refractivity contribution in [3.8, 4) is 0 Å². The molecular formula is C14H17N5O. The van der Waals surface area contributed by atoms with E-state index in [4.69, 9.17) is 5.73 Å². The van der Waals surface area contributed by atoms with E-state index < -0.39 is 0 Å². The molecule has 0 bridgehead atoms. The highest BCUT2D eigenvalue weighted by molar-refractivity contribution is 5.92. The van der Waals surface area contributed by atoms with Gasteiger partial charge < -0.3 is 10.6 Å². The molecule has 2 N–H and O–H groups in total. The number of pyridine rings is 1. The maximum atomic E-state index is 12.3. The Morgan fingerprint density at radius 1 is 1.25 bits per heavy atom. The molecule has 0 atom stereocenters. The fraction of sp³-hybridized carbons (Fsp3) is 0.286. The molecule has 6 nitrogen and oxygen atoms in total. The molecule has 0 aliphatic rings. The molecule has 0 unspecified atom stereocenters. The first-order valence-electron chi connectivity index (χ1n) is 6.41. The van der Waals surface area contributed by atoms with Crippen molar-refractivity contribution in [1.29, 1.82) is 0 Å². The standard InChI is InChI=1S/C14H17N5O/c1-3-19(9-11-6-4-5-10(2)16-11)14(20)12-7-8-13(15)18-17-12/h4-8H,3,9H2,1-2H3,(H2,15,18). The Morgan fingerprint density at radius 3 is 2.65 bits per heavy atom. The van der Waals surface area contributed by atoms with Crippen LogP contribution in [0.1, 0.15) is 28.8 Å². The van der Waals surface area contributed by atoms with E-state index in [-0.39, 0.29) is 11.6 Å². The van der Waals surface area contributed by atoms with E-state index >= 15 is 0 Å². The number of carbonyl (C=O) groups excluding carboxylic acids is 1. The highest BCUT2D eigenvalue weighted by atomic mass is 16.2. The van der Waals surface area contributed by atoms with Crippen molar-refractivity contribution in [3.05, 3.63) is 47.4 Å². The molecule has 20 heavy (non-hydrogen) atoms. The van der Waals surface area contributed by atoms with Crippen molar-refractivity contribution >= 4 is 11.7 Å². The second-order valence-corrected chi connectivity index (χ2v) is 4.43. The lowest BCUT2D eigenvalue weighted by molar-refractivity contribution is 0.0743. The molecule has 0 saturated heterocycles. The lowest BCUT2D eigenvalue weighted by Crippen LogP contribution is -2.31. The Labute approximate surface area is 117 Å².